The molecule has 0 aliphatic carbocycles. The third-order valence-electron chi connectivity index (χ3n) is 2.74. The third-order valence-corrected chi connectivity index (χ3v) is 3.05. The van der Waals surface area contributed by atoms with Crippen molar-refractivity contribution in [1.29, 1.82) is 0 Å². The van der Waals surface area contributed by atoms with Crippen molar-refractivity contribution in [2.24, 2.45) is 0 Å². The number of nitrogens with one attached hydrogen (secondary N) is 1. The van der Waals surface area contributed by atoms with Gasteiger partial charge in [0, 0.05) is 12.7 Å². The summed E-state index contributed by atoms with van der Waals surface area (Å²) in [4.78, 5) is 15.8. The quantitative estimate of drug-likeness (QED) is 0.906. The van der Waals surface area contributed by atoms with Gasteiger partial charge in [-0.2, -0.15) is 0 Å². The van der Waals surface area contributed by atoms with Gasteiger partial charge in [-0.15, -0.1) is 0 Å². The molecule has 2 aromatic rings. The van der Waals surface area contributed by atoms with Gasteiger partial charge in [0.15, 0.2) is 0 Å². The predicted molar refractivity (Wildman–Crippen MR) is 77.8 cm³/mol. The van der Waals surface area contributed by atoms with E-state index in [1.807, 2.05) is 24.3 Å². The molecule has 2 rings (SSSR count). The number of nitrogen functional groups attached to an aromatic ring is 1. The van der Waals surface area contributed by atoms with Crippen LogP contribution in [0.2, 0.25) is 5.02 Å². The minimum atomic E-state index is -0.254. The van der Waals surface area contributed by atoms with Gasteiger partial charge in [0.1, 0.15) is 11.6 Å². The normalized spacial score (nSPS) is 10.1. The molecule has 3 N–H and O–H groups in total. The minimum Gasteiger partial charge on any atom is -0.497 e. The Morgan fingerprint density at radius 3 is 2.70 bits per heavy atom. The molecule has 0 unspecified atom stereocenters. The Morgan fingerprint density at radius 1 is 1.40 bits per heavy atom. The number of pyridine rings is 1. The van der Waals surface area contributed by atoms with E-state index in [-0.39, 0.29) is 16.7 Å². The monoisotopic (exact) mass is 291 g/mol. The molecule has 0 radical (unpaired) electrons. The van der Waals surface area contributed by atoms with Crippen LogP contribution in [-0.4, -0.2) is 18.0 Å². The van der Waals surface area contributed by atoms with Crippen LogP contribution < -0.4 is 15.8 Å². The SMILES string of the molecule is COc1ccc(CNC(=O)c2cnc(N)c(Cl)c2)cc1. The maximum atomic E-state index is 11.9. The number of anilines is 1. The van der Waals surface area contributed by atoms with Crippen molar-refractivity contribution in [2.45, 2.75) is 6.54 Å². The van der Waals surface area contributed by atoms with Crippen LogP contribution in [0.5, 0.6) is 5.75 Å². The second-order valence-corrected chi connectivity index (χ2v) is 4.53. The summed E-state index contributed by atoms with van der Waals surface area (Å²) < 4.78 is 5.07. The molecule has 1 aromatic carbocycles. The van der Waals surface area contributed by atoms with Gasteiger partial charge in [-0.25, -0.2) is 4.98 Å². The van der Waals surface area contributed by atoms with Crippen molar-refractivity contribution in [2.75, 3.05) is 12.8 Å². The fourth-order valence-electron chi connectivity index (χ4n) is 1.60. The molecule has 1 aromatic heterocycles. The molecule has 1 amide bonds. The summed E-state index contributed by atoms with van der Waals surface area (Å²) in [5.41, 5.74) is 6.83. The topological polar surface area (TPSA) is 77.2 Å². The van der Waals surface area contributed by atoms with Crippen LogP contribution in [0.3, 0.4) is 0 Å². The Hall–Kier alpha value is -2.27. The van der Waals surface area contributed by atoms with Crippen molar-refractivity contribution >= 4 is 23.3 Å². The summed E-state index contributed by atoms with van der Waals surface area (Å²) in [6, 6.07) is 8.93. The number of methoxy groups -OCH3 is 1. The van der Waals surface area contributed by atoms with Crippen molar-refractivity contribution in [3.05, 3.63) is 52.7 Å². The Bertz CT molecular complexity index is 614. The van der Waals surface area contributed by atoms with Gasteiger partial charge in [0.25, 0.3) is 5.91 Å². The number of ether oxygens (including phenoxy) is 1. The third kappa shape index (κ3) is 3.39. The number of halogens is 1. The summed E-state index contributed by atoms with van der Waals surface area (Å²) in [5.74, 6) is 0.725. The molecule has 20 heavy (non-hydrogen) atoms. The van der Waals surface area contributed by atoms with Gasteiger partial charge in [-0.05, 0) is 23.8 Å². The van der Waals surface area contributed by atoms with Crippen LogP contribution in [0.15, 0.2) is 36.5 Å². The molecular formula is C14H14ClN3O2. The second kappa shape index (κ2) is 6.25. The van der Waals surface area contributed by atoms with Gasteiger partial charge in [-0.1, -0.05) is 23.7 Å². The molecule has 0 aliphatic heterocycles. The van der Waals surface area contributed by atoms with Crippen LogP contribution in [0.25, 0.3) is 0 Å². The number of nitrogens with two attached hydrogens (primary N) is 1. The second-order valence-electron chi connectivity index (χ2n) is 4.12. The number of hydrogen-bond donors (Lipinski definition) is 2. The molecule has 0 spiro atoms. The summed E-state index contributed by atoms with van der Waals surface area (Å²) in [7, 11) is 1.61. The first-order valence-corrected chi connectivity index (χ1v) is 6.30. The van der Waals surface area contributed by atoms with E-state index in [1.54, 1.807) is 7.11 Å². The number of rotatable bonds is 4. The number of carbonyl (C=O) groups excluding carboxylic acids is 1. The van der Waals surface area contributed by atoms with E-state index in [9.17, 15) is 4.79 Å². The van der Waals surface area contributed by atoms with E-state index in [4.69, 9.17) is 22.1 Å². The van der Waals surface area contributed by atoms with Crippen molar-refractivity contribution < 1.29 is 9.53 Å². The molecule has 0 aliphatic rings. The number of nitrogens with zero attached hydrogens (tertiary/aromatic N) is 1. The Balaban J connectivity index is 1.98. The van der Waals surface area contributed by atoms with Crippen molar-refractivity contribution in [3.8, 4) is 5.75 Å². The standard InChI is InChI=1S/C14H14ClN3O2/c1-20-11-4-2-9(3-5-11)7-18-14(19)10-6-12(15)13(16)17-8-10/h2-6,8H,7H2,1H3,(H2,16,17)(H,18,19). The summed E-state index contributed by atoms with van der Waals surface area (Å²) in [6.45, 7) is 0.408. The maximum absolute atomic E-state index is 11.9. The molecule has 0 fully saturated rings. The van der Waals surface area contributed by atoms with Gasteiger partial charge in [0.05, 0.1) is 17.7 Å². The van der Waals surface area contributed by atoms with E-state index >= 15 is 0 Å². The van der Waals surface area contributed by atoms with E-state index in [0.717, 1.165) is 11.3 Å². The lowest BCUT2D eigenvalue weighted by Gasteiger charge is -2.07. The van der Waals surface area contributed by atoms with E-state index in [1.165, 1.54) is 12.3 Å². The van der Waals surface area contributed by atoms with Crippen molar-refractivity contribution in [1.82, 2.24) is 10.3 Å². The average Bonchev–Trinajstić information content (AvgIpc) is 2.48. The first-order chi connectivity index (χ1) is 9.60. The van der Waals surface area contributed by atoms with Crippen molar-refractivity contribution in [3.63, 3.8) is 0 Å². The molecule has 0 saturated carbocycles. The van der Waals surface area contributed by atoms with Crippen LogP contribution in [0, 0.1) is 0 Å². The van der Waals surface area contributed by atoms with E-state index in [0.29, 0.717) is 12.1 Å². The highest BCUT2D eigenvalue weighted by Gasteiger charge is 2.08. The lowest BCUT2D eigenvalue weighted by molar-refractivity contribution is 0.0950. The molecule has 1 heterocycles. The van der Waals surface area contributed by atoms with Crippen LogP contribution in [-0.2, 0) is 6.54 Å². The molecule has 104 valence electrons. The Morgan fingerprint density at radius 2 is 2.10 bits per heavy atom. The minimum absolute atomic E-state index is 0.207. The molecule has 6 heteroatoms. The summed E-state index contributed by atoms with van der Waals surface area (Å²) in [6.07, 6.45) is 1.39. The number of carbonyl (C=O) groups is 1. The first-order valence-electron chi connectivity index (χ1n) is 5.92. The summed E-state index contributed by atoms with van der Waals surface area (Å²) >= 11 is 5.83. The molecule has 0 atom stereocenters. The number of aromatic nitrogens is 1. The highest BCUT2D eigenvalue weighted by atomic mass is 35.5. The van der Waals surface area contributed by atoms with Gasteiger partial charge in [0.2, 0.25) is 0 Å². The fourth-order valence-corrected chi connectivity index (χ4v) is 1.77. The van der Waals surface area contributed by atoms with Crippen LogP contribution in [0.4, 0.5) is 5.82 Å². The molecule has 0 bridgehead atoms. The van der Waals surface area contributed by atoms with E-state index in [2.05, 4.69) is 10.3 Å². The van der Waals surface area contributed by atoms with Crippen LogP contribution in [0.1, 0.15) is 15.9 Å². The van der Waals surface area contributed by atoms with Crippen LogP contribution >= 0.6 is 11.6 Å². The molecule has 5 nitrogen and oxygen atoms in total. The molecular weight excluding hydrogens is 278 g/mol. The highest BCUT2D eigenvalue weighted by molar-refractivity contribution is 6.33. The fraction of sp³-hybridized carbons (Fsp3) is 0.143. The Kier molecular flexibility index (Phi) is 4.42. The number of amides is 1. The zero-order chi connectivity index (χ0) is 14.5. The molecule has 0 saturated heterocycles. The number of hydrogen-bond acceptors (Lipinski definition) is 4. The summed E-state index contributed by atoms with van der Waals surface area (Å²) in [5, 5.41) is 3.05. The first kappa shape index (κ1) is 14.1. The largest absolute Gasteiger partial charge is 0.497 e. The average molecular weight is 292 g/mol. The lowest BCUT2D eigenvalue weighted by atomic mass is 10.2. The van der Waals surface area contributed by atoms with Gasteiger partial charge >= 0.3 is 0 Å². The maximum Gasteiger partial charge on any atom is 0.253 e. The van der Waals surface area contributed by atoms with E-state index < -0.39 is 0 Å². The smallest absolute Gasteiger partial charge is 0.253 e. The van der Waals surface area contributed by atoms with Gasteiger partial charge < -0.3 is 15.8 Å². The lowest BCUT2D eigenvalue weighted by Crippen LogP contribution is -2.23. The zero-order valence-electron chi connectivity index (χ0n) is 10.9. The highest BCUT2D eigenvalue weighted by Crippen LogP contribution is 2.16. The Labute approximate surface area is 121 Å². The zero-order valence-corrected chi connectivity index (χ0v) is 11.6. The predicted octanol–water partition coefficient (Wildman–Crippen LogP) is 2.26. The number of benzene rings is 1. The van der Waals surface area contributed by atoms with Gasteiger partial charge in [-0.3, -0.25) is 4.79 Å².